The average molecular weight is 214 g/mol. The number of hydrogen-bond donors (Lipinski definition) is 1. The zero-order valence-electron chi connectivity index (χ0n) is 10.7. The van der Waals surface area contributed by atoms with E-state index in [1.807, 2.05) is 0 Å². The van der Waals surface area contributed by atoms with Crippen LogP contribution in [-0.2, 0) is 4.74 Å². The predicted octanol–water partition coefficient (Wildman–Crippen LogP) is 1.34. The van der Waals surface area contributed by atoms with E-state index in [4.69, 9.17) is 4.74 Å². The molecule has 1 heterocycles. The molecule has 0 atom stereocenters. The molecule has 0 aromatic rings. The molecule has 0 radical (unpaired) electrons. The average Bonchev–Trinajstić information content (AvgIpc) is 2.21. The van der Waals surface area contributed by atoms with Crippen molar-refractivity contribution >= 4 is 0 Å². The largest absolute Gasteiger partial charge is 0.377 e. The Labute approximate surface area is 94.2 Å². The van der Waals surface area contributed by atoms with E-state index in [1.54, 1.807) is 7.11 Å². The molecule has 1 N–H and O–H groups in total. The monoisotopic (exact) mass is 214 g/mol. The second-order valence-corrected chi connectivity index (χ2v) is 5.34. The summed E-state index contributed by atoms with van der Waals surface area (Å²) in [5.74, 6) is 0.855. The molecule has 1 fully saturated rings. The topological polar surface area (TPSA) is 24.5 Å². The Morgan fingerprint density at radius 1 is 1.33 bits per heavy atom. The van der Waals surface area contributed by atoms with Gasteiger partial charge in [0.1, 0.15) is 0 Å². The van der Waals surface area contributed by atoms with Crippen LogP contribution >= 0.6 is 0 Å². The molecular weight excluding hydrogens is 188 g/mol. The molecule has 1 aliphatic rings. The molecule has 0 spiro atoms. The van der Waals surface area contributed by atoms with Crippen molar-refractivity contribution in [2.45, 2.75) is 32.3 Å². The van der Waals surface area contributed by atoms with Crippen molar-refractivity contribution in [1.82, 2.24) is 10.2 Å². The Kier molecular flexibility index (Phi) is 5.03. The molecule has 0 aliphatic carbocycles. The van der Waals surface area contributed by atoms with E-state index >= 15 is 0 Å². The lowest BCUT2D eigenvalue weighted by Crippen LogP contribution is -2.41. The highest BCUT2D eigenvalue weighted by molar-refractivity contribution is 4.75. The Morgan fingerprint density at radius 3 is 2.47 bits per heavy atom. The van der Waals surface area contributed by atoms with Gasteiger partial charge in [-0.1, -0.05) is 0 Å². The molecule has 0 aromatic carbocycles. The molecular formula is C12H26N2O. The van der Waals surface area contributed by atoms with Crippen LogP contribution in [0.2, 0.25) is 0 Å². The number of piperidine rings is 1. The van der Waals surface area contributed by atoms with E-state index in [-0.39, 0.29) is 5.60 Å². The number of methoxy groups -OCH3 is 1. The summed E-state index contributed by atoms with van der Waals surface area (Å²) in [6.07, 6.45) is 2.66. The van der Waals surface area contributed by atoms with Crippen molar-refractivity contribution in [2.75, 3.05) is 40.3 Å². The molecule has 0 amide bonds. The van der Waals surface area contributed by atoms with Gasteiger partial charge in [-0.3, -0.25) is 0 Å². The summed E-state index contributed by atoms with van der Waals surface area (Å²) in [6.45, 7) is 8.82. The van der Waals surface area contributed by atoms with Gasteiger partial charge in [0.05, 0.1) is 5.60 Å². The minimum Gasteiger partial charge on any atom is -0.377 e. The molecule has 3 heteroatoms. The third-order valence-electron chi connectivity index (χ3n) is 3.37. The van der Waals surface area contributed by atoms with E-state index in [1.165, 1.54) is 25.9 Å². The fraction of sp³-hybridized carbons (Fsp3) is 1.00. The van der Waals surface area contributed by atoms with Crippen molar-refractivity contribution in [3.63, 3.8) is 0 Å². The van der Waals surface area contributed by atoms with E-state index in [0.29, 0.717) is 0 Å². The number of rotatable bonds is 5. The third-order valence-corrected chi connectivity index (χ3v) is 3.37. The Bertz CT molecular complexity index is 174. The van der Waals surface area contributed by atoms with Crippen molar-refractivity contribution in [3.05, 3.63) is 0 Å². The van der Waals surface area contributed by atoms with Crippen LogP contribution in [0.15, 0.2) is 0 Å². The van der Waals surface area contributed by atoms with E-state index < -0.39 is 0 Å². The van der Waals surface area contributed by atoms with Crippen molar-refractivity contribution in [1.29, 1.82) is 0 Å². The quantitative estimate of drug-likeness (QED) is 0.747. The maximum Gasteiger partial charge on any atom is 0.0746 e. The predicted molar refractivity (Wildman–Crippen MR) is 64.2 cm³/mol. The van der Waals surface area contributed by atoms with Crippen molar-refractivity contribution in [2.24, 2.45) is 5.92 Å². The molecule has 15 heavy (non-hydrogen) atoms. The minimum absolute atomic E-state index is 0.0363. The summed E-state index contributed by atoms with van der Waals surface area (Å²) in [5.41, 5.74) is -0.0363. The number of nitrogens with zero attached hydrogens (tertiary/aromatic N) is 1. The normalized spacial score (nSPS) is 20.8. The van der Waals surface area contributed by atoms with Crippen LogP contribution in [-0.4, -0.2) is 50.8 Å². The minimum atomic E-state index is -0.0363. The fourth-order valence-corrected chi connectivity index (χ4v) is 1.92. The van der Waals surface area contributed by atoms with Crippen LogP contribution in [0.25, 0.3) is 0 Å². The number of nitrogens with one attached hydrogen (secondary N) is 1. The first-order valence-corrected chi connectivity index (χ1v) is 5.98. The molecule has 90 valence electrons. The van der Waals surface area contributed by atoms with E-state index in [9.17, 15) is 0 Å². The first-order chi connectivity index (χ1) is 7.03. The Hall–Kier alpha value is -0.120. The standard InChI is InChI=1S/C12H26N2O/c1-12(2,15-4)10-13-9-11-5-7-14(3)8-6-11/h11,13H,5-10H2,1-4H3. The third kappa shape index (κ3) is 4.96. The van der Waals surface area contributed by atoms with Crippen molar-refractivity contribution in [3.8, 4) is 0 Å². The lowest BCUT2D eigenvalue weighted by atomic mass is 9.97. The summed E-state index contributed by atoms with van der Waals surface area (Å²) < 4.78 is 5.37. The van der Waals surface area contributed by atoms with Crippen LogP contribution in [0.5, 0.6) is 0 Å². The van der Waals surface area contributed by atoms with Gasteiger partial charge in [0.15, 0.2) is 0 Å². The number of likely N-dealkylation sites (tertiary alicyclic amines) is 1. The van der Waals surface area contributed by atoms with Crippen LogP contribution in [0.3, 0.4) is 0 Å². The van der Waals surface area contributed by atoms with Gasteiger partial charge in [0.25, 0.3) is 0 Å². The van der Waals surface area contributed by atoms with Crippen LogP contribution in [0.4, 0.5) is 0 Å². The van der Waals surface area contributed by atoms with Crippen molar-refractivity contribution < 1.29 is 4.74 Å². The lowest BCUT2D eigenvalue weighted by molar-refractivity contribution is 0.0221. The van der Waals surface area contributed by atoms with Crippen LogP contribution in [0, 0.1) is 5.92 Å². The number of ether oxygens (including phenoxy) is 1. The Balaban J connectivity index is 2.10. The summed E-state index contributed by atoms with van der Waals surface area (Å²) >= 11 is 0. The molecule has 1 saturated heterocycles. The van der Waals surface area contributed by atoms with Gasteiger partial charge in [0.2, 0.25) is 0 Å². The highest BCUT2D eigenvalue weighted by atomic mass is 16.5. The highest BCUT2D eigenvalue weighted by Gasteiger charge is 2.19. The van der Waals surface area contributed by atoms with Gasteiger partial charge in [-0.05, 0) is 59.3 Å². The molecule has 0 unspecified atom stereocenters. The maximum absolute atomic E-state index is 5.37. The molecule has 3 nitrogen and oxygen atoms in total. The Morgan fingerprint density at radius 2 is 1.93 bits per heavy atom. The summed E-state index contributed by atoms with van der Waals surface area (Å²) in [7, 11) is 3.98. The molecule has 0 bridgehead atoms. The van der Waals surface area contributed by atoms with Gasteiger partial charge in [-0.2, -0.15) is 0 Å². The van der Waals surface area contributed by atoms with Crippen LogP contribution < -0.4 is 5.32 Å². The molecule has 1 rings (SSSR count). The maximum atomic E-state index is 5.37. The first kappa shape index (κ1) is 12.9. The smallest absolute Gasteiger partial charge is 0.0746 e. The lowest BCUT2D eigenvalue weighted by Gasteiger charge is -2.30. The first-order valence-electron chi connectivity index (χ1n) is 5.98. The number of hydrogen-bond acceptors (Lipinski definition) is 3. The van der Waals surface area contributed by atoms with Gasteiger partial charge in [0, 0.05) is 13.7 Å². The fourth-order valence-electron chi connectivity index (χ4n) is 1.92. The molecule has 1 aliphatic heterocycles. The van der Waals surface area contributed by atoms with Gasteiger partial charge in [-0.25, -0.2) is 0 Å². The highest BCUT2D eigenvalue weighted by Crippen LogP contribution is 2.15. The van der Waals surface area contributed by atoms with E-state index in [0.717, 1.165) is 19.0 Å². The van der Waals surface area contributed by atoms with E-state index in [2.05, 4.69) is 31.1 Å². The van der Waals surface area contributed by atoms with Gasteiger partial charge in [-0.15, -0.1) is 0 Å². The SMILES string of the molecule is COC(C)(C)CNCC1CCN(C)CC1. The summed E-state index contributed by atoms with van der Waals surface area (Å²) in [5, 5.41) is 3.52. The van der Waals surface area contributed by atoms with Gasteiger partial charge < -0.3 is 15.0 Å². The second-order valence-electron chi connectivity index (χ2n) is 5.34. The van der Waals surface area contributed by atoms with Crippen LogP contribution in [0.1, 0.15) is 26.7 Å². The second kappa shape index (κ2) is 5.83. The molecule has 0 saturated carbocycles. The summed E-state index contributed by atoms with van der Waals surface area (Å²) in [4.78, 5) is 2.41. The van der Waals surface area contributed by atoms with Gasteiger partial charge >= 0.3 is 0 Å². The molecule has 0 aromatic heterocycles. The summed E-state index contributed by atoms with van der Waals surface area (Å²) in [6, 6.07) is 0. The zero-order chi connectivity index (χ0) is 11.3. The zero-order valence-corrected chi connectivity index (χ0v) is 10.7.